The normalized spacial score (nSPS) is 11.7. The Kier molecular flexibility index (Phi) is 6.17. The van der Waals surface area contributed by atoms with Crippen LogP contribution in [0.15, 0.2) is 36.4 Å². The maximum absolute atomic E-state index is 12.5. The third-order valence-corrected chi connectivity index (χ3v) is 6.33. The maximum atomic E-state index is 12.5. The van der Waals surface area contributed by atoms with Crippen molar-refractivity contribution in [1.82, 2.24) is 0 Å². The molecule has 0 aliphatic heterocycles. The molecule has 0 atom stereocenters. The van der Waals surface area contributed by atoms with Gasteiger partial charge in [0, 0.05) is 5.56 Å². The lowest BCUT2D eigenvalue weighted by atomic mass is 9.71. The summed E-state index contributed by atoms with van der Waals surface area (Å²) in [6.45, 7) is 0. The van der Waals surface area contributed by atoms with Gasteiger partial charge >= 0.3 is 35.8 Å². The van der Waals surface area contributed by atoms with Crippen LogP contribution in [0.4, 0.5) is 0 Å². The quantitative estimate of drug-likeness (QED) is 0.252. The van der Waals surface area contributed by atoms with E-state index in [4.69, 9.17) is 0 Å². The average molecular weight is 520 g/mol. The van der Waals surface area contributed by atoms with Crippen molar-refractivity contribution in [3.05, 3.63) is 80.9 Å². The first kappa shape index (κ1) is 25.6. The summed E-state index contributed by atoms with van der Waals surface area (Å²) in [6.07, 6.45) is 0.238. The Labute approximate surface area is 211 Å². The molecule has 3 aromatic carbocycles. The monoisotopic (exact) mass is 520 g/mol. The molecule has 0 radical (unpaired) electrons. The number of carbonyl (C=O) groups is 6. The van der Waals surface area contributed by atoms with Gasteiger partial charge in [0.15, 0.2) is 0 Å². The lowest BCUT2D eigenvalue weighted by Gasteiger charge is -2.31. The lowest BCUT2D eigenvalue weighted by Crippen LogP contribution is -2.24. The predicted molar refractivity (Wildman–Crippen MR) is 126 cm³/mol. The topological polar surface area (TPSA) is 224 Å². The number of hydrogen-bond donors (Lipinski definition) is 6. The van der Waals surface area contributed by atoms with Gasteiger partial charge in [-0.25, -0.2) is 28.8 Å². The minimum atomic E-state index is -1.79. The molecule has 38 heavy (non-hydrogen) atoms. The van der Waals surface area contributed by atoms with Crippen molar-refractivity contribution in [2.24, 2.45) is 0 Å². The fraction of sp³-hybridized carbons (Fsp3) is 0.0769. The molecule has 0 spiro atoms. The van der Waals surface area contributed by atoms with E-state index in [0.717, 1.165) is 24.3 Å². The number of hydrogen-bond acceptors (Lipinski definition) is 6. The zero-order valence-electron chi connectivity index (χ0n) is 19.0. The van der Waals surface area contributed by atoms with Crippen molar-refractivity contribution in [2.75, 3.05) is 0 Å². The molecule has 0 fully saturated rings. The van der Waals surface area contributed by atoms with Gasteiger partial charge in [-0.15, -0.1) is 0 Å². The first-order valence-electron chi connectivity index (χ1n) is 10.8. The summed E-state index contributed by atoms with van der Waals surface area (Å²) in [5.74, 6) is -10.2. The predicted octanol–water partition coefficient (Wildman–Crippen LogP) is 3.31. The van der Waals surface area contributed by atoms with Gasteiger partial charge in [0.1, 0.15) is 0 Å². The molecule has 0 bridgehead atoms. The summed E-state index contributed by atoms with van der Waals surface area (Å²) in [7, 11) is 0. The molecule has 6 N–H and O–H groups in total. The SMILES string of the molecule is O=C(O)c1cccc(-c2c3c(c(C(=O)O)c(C(=O)O)c2-c2cccc(C(=O)O)c2C(=O)O)CC3)c1C(=O)O. The summed E-state index contributed by atoms with van der Waals surface area (Å²) in [5, 5.41) is 59.1. The van der Waals surface area contributed by atoms with E-state index in [-0.39, 0.29) is 35.1 Å². The number of carboxylic acids is 6. The molecule has 4 rings (SSSR count). The lowest BCUT2D eigenvalue weighted by molar-refractivity contribution is 0.0649. The van der Waals surface area contributed by atoms with Gasteiger partial charge in [-0.05, 0) is 52.8 Å². The second-order valence-corrected chi connectivity index (χ2v) is 8.24. The first-order chi connectivity index (χ1) is 17.9. The zero-order chi connectivity index (χ0) is 28.0. The van der Waals surface area contributed by atoms with Gasteiger partial charge in [0.25, 0.3) is 0 Å². The molecule has 0 amide bonds. The minimum absolute atomic E-state index is 0.0666. The number of fused-ring (bicyclic) bond motifs is 1. The van der Waals surface area contributed by atoms with Gasteiger partial charge in [-0.3, -0.25) is 0 Å². The minimum Gasteiger partial charge on any atom is -0.478 e. The smallest absolute Gasteiger partial charge is 0.337 e. The second kappa shape index (κ2) is 9.17. The molecule has 1 aliphatic carbocycles. The van der Waals surface area contributed by atoms with E-state index in [2.05, 4.69) is 0 Å². The van der Waals surface area contributed by atoms with E-state index in [1.165, 1.54) is 12.1 Å². The first-order valence-corrected chi connectivity index (χ1v) is 10.8. The Hall–Kier alpha value is -5.52. The molecule has 12 heteroatoms. The van der Waals surface area contributed by atoms with Crippen LogP contribution >= 0.6 is 0 Å². The Balaban J connectivity index is 2.35. The molecule has 12 nitrogen and oxygen atoms in total. The fourth-order valence-electron chi connectivity index (χ4n) is 4.83. The summed E-state index contributed by atoms with van der Waals surface area (Å²) in [6, 6.07) is 6.59. The van der Waals surface area contributed by atoms with Crippen molar-refractivity contribution in [2.45, 2.75) is 12.8 Å². The van der Waals surface area contributed by atoms with Crippen LogP contribution in [0.1, 0.15) is 73.3 Å². The fourth-order valence-corrected chi connectivity index (χ4v) is 4.83. The Morgan fingerprint density at radius 2 is 0.842 bits per heavy atom. The molecule has 1 aliphatic rings. The highest BCUT2D eigenvalue weighted by Gasteiger charge is 2.38. The number of carboxylic acid groups (broad SMARTS) is 6. The van der Waals surface area contributed by atoms with Crippen LogP contribution in [0.5, 0.6) is 0 Å². The summed E-state index contributed by atoms with van der Waals surface area (Å²) in [4.78, 5) is 73.0. The van der Waals surface area contributed by atoms with E-state index in [0.29, 0.717) is 0 Å². The van der Waals surface area contributed by atoms with Crippen molar-refractivity contribution in [1.29, 1.82) is 0 Å². The van der Waals surface area contributed by atoms with Crippen LogP contribution in [0, 0.1) is 0 Å². The molecule has 0 unspecified atom stereocenters. The Morgan fingerprint density at radius 3 is 1.18 bits per heavy atom. The molecular formula is C26H16O12. The molecule has 0 aromatic heterocycles. The molecular weight excluding hydrogens is 504 g/mol. The second-order valence-electron chi connectivity index (χ2n) is 8.24. The average Bonchev–Trinajstić information content (AvgIpc) is 2.82. The van der Waals surface area contributed by atoms with Crippen LogP contribution in [0.3, 0.4) is 0 Å². The maximum Gasteiger partial charge on any atom is 0.337 e. The van der Waals surface area contributed by atoms with Crippen molar-refractivity contribution in [3.63, 3.8) is 0 Å². The summed E-state index contributed by atoms with van der Waals surface area (Å²) >= 11 is 0. The van der Waals surface area contributed by atoms with E-state index in [1.54, 1.807) is 0 Å². The van der Waals surface area contributed by atoms with E-state index in [9.17, 15) is 59.4 Å². The molecule has 0 saturated heterocycles. The largest absolute Gasteiger partial charge is 0.478 e. The summed E-state index contributed by atoms with van der Waals surface area (Å²) in [5.41, 5.74) is -5.76. The standard InChI is InChI=1S/C26H16O12/c27-21(28)13-5-1-3-11(16(13)23(31)32)15-9-7-8-10(9)19(25(35)36)20(26(37)38)18(15)12-4-2-6-14(22(29)30)17(12)24(33)34/h1-6H,7-8H2,(H,27,28)(H,29,30)(H,31,32)(H,33,34)(H,35,36)(H,37,38). The van der Waals surface area contributed by atoms with Gasteiger partial charge < -0.3 is 30.6 Å². The van der Waals surface area contributed by atoms with E-state index in [1.807, 2.05) is 0 Å². The zero-order valence-corrected chi connectivity index (χ0v) is 19.0. The van der Waals surface area contributed by atoms with Crippen molar-refractivity contribution < 1.29 is 59.4 Å². The van der Waals surface area contributed by atoms with Gasteiger partial charge in [0.05, 0.1) is 33.4 Å². The highest BCUT2D eigenvalue weighted by atomic mass is 16.4. The summed E-state index contributed by atoms with van der Waals surface area (Å²) < 4.78 is 0. The third-order valence-electron chi connectivity index (χ3n) is 6.33. The van der Waals surface area contributed by atoms with Crippen LogP contribution in [-0.4, -0.2) is 66.5 Å². The molecule has 192 valence electrons. The van der Waals surface area contributed by atoms with Crippen LogP contribution in [0.2, 0.25) is 0 Å². The molecule has 0 saturated carbocycles. The van der Waals surface area contributed by atoms with Gasteiger partial charge in [0.2, 0.25) is 0 Å². The van der Waals surface area contributed by atoms with Crippen LogP contribution < -0.4 is 0 Å². The number of rotatable bonds is 8. The highest BCUT2D eigenvalue weighted by molar-refractivity contribution is 6.17. The number of aromatic carboxylic acids is 6. The number of benzene rings is 3. The van der Waals surface area contributed by atoms with Gasteiger partial charge in [-0.2, -0.15) is 0 Å². The van der Waals surface area contributed by atoms with E-state index < -0.39 is 80.3 Å². The van der Waals surface area contributed by atoms with Gasteiger partial charge in [-0.1, -0.05) is 24.3 Å². The van der Waals surface area contributed by atoms with Crippen molar-refractivity contribution in [3.8, 4) is 22.3 Å². The molecule has 0 heterocycles. The molecule has 3 aromatic rings. The Morgan fingerprint density at radius 1 is 0.447 bits per heavy atom. The Bertz CT molecular complexity index is 1630. The highest BCUT2D eigenvalue weighted by Crippen LogP contribution is 2.48. The third kappa shape index (κ3) is 3.80. The van der Waals surface area contributed by atoms with Crippen LogP contribution in [0.25, 0.3) is 22.3 Å². The van der Waals surface area contributed by atoms with Crippen LogP contribution in [-0.2, 0) is 12.8 Å². The van der Waals surface area contributed by atoms with Crippen molar-refractivity contribution >= 4 is 35.8 Å². The van der Waals surface area contributed by atoms with E-state index >= 15 is 0 Å².